The van der Waals surface area contributed by atoms with E-state index in [9.17, 15) is 14.4 Å². The van der Waals surface area contributed by atoms with Crippen molar-refractivity contribution < 1.29 is 23.8 Å². The highest BCUT2D eigenvalue weighted by molar-refractivity contribution is 7.07. The molecule has 0 radical (unpaired) electrons. The van der Waals surface area contributed by atoms with E-state index in [1.807, 2.05) is 24.3 Å². The predicted octanol–water partition coefficient (Wildman–Crippen LogP) is 1.12. The van der Waals surface area contributed by atoms with Crippen molar-refractivity contribution in [3.63, 3.8) is 0 Å². The van der Waals surface area contributed by atoms with Crippen molar-refractivity contribution in [2.75, 3.05) is 39.5 Å². The van der Waals surface area contributed by atoms with E-state index in [1.165, 1.54) is 10.6 Å². The van der Waals surface area contributed by atoms with Gasteiger partial charge in [0.15, 0.2) is 0 Å². The normalized spacial score (nSPS) is 15.0. The van der Waals surface area contributed by atoms with Crippen LogP contribution in [-0.2, 0) is 25.6 Å². The molecule has 0 atom stereocenters. The molecule has 3 rings (SSSR count). The Morgan fingerprint density at radius 2 is 1.88 bits per heavy atom. The number of ether oxygens (including phenoxy) is 3. The molecular formula is C24H30N2O6S. The zero-order valence-corrected chi connectivity index (χ0v) is 19.9. The number of rotatable bonds is 9. The minimum atomic E-state index is -0.550. The molecule has 8 nitrogen and oxygen atoms in total. The van der Waals surface area contributed by atoms with Crippen LogP contribution in [0.4, 0.5) is 0 Å². The Morgan fingerprint density at radius 1 is 1.15 bits per heavy atom. The molecule has 178 valence electrons. The van der Waals surface area contributed by atoms with Crippen LogP contribution in [-0.4, -0.2) is 60.9 Å². The third-order valence-corrected chi connectivity index (χ3v) is 6.13. The Bertz CT molecular complexity index is 1110. The maximum absolute atomic E-state index is 13.1. The van der Waals surface area contributed by atoms with Gasteiger partial charge in [-0.2, -0.15) is 0 Å². The Balaban J connectivity index is 1.91. The molecule has 33 heavy (non-hydrogen) atoms. The van der Waals surface area contributed by atoms with Crippen molar-refractivity contribution >= 4 is 35.4 Å². The number of esters is 1. The van der Waals surface area contributed by atoms with Gasteiger partial charge in [-0.05, 0) is 37.1 Å². The zero-order valence-electron chi connectivity index (χ0n) is 19.1. The fourth-order valence-electron chi connectivity index (χ4n) is 3.27. The van der Waals surface area contributed by atoms with Crippen LogP contribution in [0.3, 0.4) is 0 Å². The molecule has 0 aliphatic carbocycles. The summed E-state index contributed by atoms with van der Waals surface area (Å²) in [4.78, 5) is 39.6. The second kappa shape index (κ2) is 12.4. The van der Waals surface area contributed by atoms with Gasteiger partial charge in [0.05, 0.1) is 37.0 Å². The van der Waals surface area contributed by atoms with E-state index < -0.39 is 5.97 Å². The van der Waals surface area contributed by atoms with E-state index in [4.69, 9.17) is 14.2 Å². The first-order chi connectivity index (χ1) is 16.0. The first-order valence-electron chi connectivity index (χ1n) is 11.2. The molecule has 2 heterocycles. The fourth-order valence-corrected chi connectivity index (χ4v) is 4.30. The van der Waals surface area contributed by atoms with Crippen LogP contribution in [0.5, 0.6) is 5.75 Å². The van der Waals surface area contributed by atoms with Gasteiger partial charge in [0, 0.05) is 13.1 Å². The summed E-state index contributed by atoms with van der Waals surface area (Å²) < 4.78 is 18.1. The average molecular weight is 475 g/mol. The number of nitrogens with zero attached hydrogens (tertiary/aromatic N) is 2. The Kier molecular flexibility index (Phi) is 9.26. The van der Waals surface area contributed by atoms with Crippen molar-refractivity contribution in [2.24, 2.45) is 0 Å². The lowest BCUT2D eigenvalue weighted by molar-refractivity contribution is -0.136. The van der Waals surface area contributed by atoms with E-state index >= 15 is 0 Å². The van der Waals surface area contributed by atoms with Crippen LogP contribution in [0, 0.1) is 0 Å². The standard InChI is InChI=1S/C24H30N2O6S/c1-3-5-12-32-19-8-6-18(7-9-19)15-20-24(29)26(22(33-20)16-23(28)31-4-2)17-21(27)25-10-13-30-14-11-25/h6-9,15-16H,3-5,10-14,17H2,1-2H3/b20-15+,22-16-. The molecule has 1 amide bonds. The SMILES string of the molecule is CCCCOc1ccc(/C=c2/s/c(=C\C(=O)OCC)n(CC(=O)N3CCOCC3)c2=O)cc1. The molecule has 0 spiro atoms. The average Bonchev–Trinajstić information content (AvgIpc) is 3.09. The molecule has 0 bridgehead atoms. The van der Waals surface area contributed by atoms with Crippen LogP contribution in [0.1, 0.15) is 32.3 Å². The van der Waals surface area contributed by atoms with E-state index in [-0.39, 0.29) is 24.6 Å². The number of hydrogen-bond donors (Lipinski definition) is 0. The number of benzene rings is 1. The number of thiazole rings is 1. The Hall–Kier alpha value is -2.91. The third kappa shape index (κ3) is 7.03. The second-order valence-corrected chi connectivity index (χ2v) is 8.56. The first-order valence-corrected chi connectivity index (χ1v) is 12.0. The first kappa shape index (κ1) is 24.7. The number of carbonyl (C=O) groups excluding carboxylic acids is 2. The topological polar surface area (TPSA) is 87.1 Å². The molecule has 9 heteroatoms. The summed E-state index contributed by atoms with van der Waals surface area (Å²) in [7, 11) is 0. The molecule has 1 fully saturated rings. The van der Waals surface area contributed by atoms with Crippen molar-refractivity contribution in [1.82, 2.24) is 9.47 Å². The number of amides is 1. The largest absolute Gasteiger partial charge is 0.494 e. The highest BCUT2D eigenvalue weighted by Crippen LogP contribution is 2.13. The summed E-state index contributed by atoms with van der Waals surface area (Å²) in [6, 6.07) is 7.47. The van der Waals surface area contributed by atoms with Gasteiger partial charge < -0.3 is 19.1 Å². The summed E-state index contributed by atoms with van der Waals surface area (Å²) in [6.07, 6.45) is 5.08. The lowest BCUT2D eigenvalue weighted by Gasteiger charge is -2.26. The van der Waals surface area contributed by atoms with E-state index in [2.05, 4.69) is 6.92 Å². The number of unbranched alkanes of at least 4 members (excludes halogenated alkanes) is 1. The van der Waals surface area contributed by atoms with Crippen LogP contribution >= 0.6 is 11.3 Å². The van der Waals surface area contributed by atoms with Crippen LogP contribution in [0.15, 0.2) is 29.1 Å². The molecule has 1 saturated heterocycles. The van der Waals surface area contributed by atoms with Gasteiger partial charge in [0.1, 0.15) is 17.0 Å². The Labute approximate surface area is 196 Å². The van der Waals surface area contributed by atoms with Gasteiger partial charge in [-0.25, -0.2) is 4.79 Å². The van der Waals surface area contributed by atoms with E-state index in [1.54, 1.807) is 17.9 Å². The molecule has 0 N–H and O–H groups in total. The van der Waals surface area contributed by atoms with Crippen LogP contribution in [0.2, 0.25) is 0 Å². The molecule has 1 aromatic heterocycles. The van der Waals surface area contributed by atoms with Gasteiger partial charge in [-0.15, -0.1) is 11.3 Å². The smallest absolute Gasteiger partial charge is 0.333 e. The molecule has 1 aromatic carbocycles. The second-order valence-electron chi connectivity index (χ2n) is 7.50. The fraction of sp³-hybridized carbons (Fsp3) is 0.458. The van der Waals surface area contributed by atoms with Crippen molar-refractivity contribution in [3.05, 3.63) is 49.4 Å². The van der Waals surface area contributed by atoms with Gasteiger partial charge in [-0.1, -0.05) is 25.5 Å². The summed E-state index contributed by atoms with van der Waals surface area (Å²) >= 11 is 1.16. The highest BCUT2D eigenvalue weighted by atomic mass is 32.1. The molecular weight excluding hydrogens is 444 g/mol. The quantitative estimate of drug-likeness (QED) is 0.400. The number of hydrogen-bond acceptors (Lipinski definition) is 7. The zero-order chi connectivity index (χ0) is 23.6. The monoisotopic (exact) mass is 474 g/mol. The van der Waals surface area contributed by atoms with E-state index in [0.29, 0.717) is 42.1 Å². The summed E-state index contributed by atoms with van der Waals surface area (Å²) in [5, 5.41) is 0. The number of carbonyl (C=O) groups is 2. The van der Waals surface area contributed by atoms with Crippen molar-refractivity contribution in [1.29, 1.82) is 0 Å². The maximum atomic E-state index is 13.1. The minimum Gasteiger partial charge on any atom is -0.494 e. The lowest BCUT2D eigenvalue weighted by atomic mass is 10.2. The van der Waals surface area contributed by atoms with Gasteiger partial charge >= 0.3 is 5.97 Å². The molecule has 1 aliphatic rings. The number of morpholine rings is 1. The van der Waals surface area contributed by atoms with Crippen LogP contribution < -0.4 is 19.5 Å². The summed E-state index contributed by atoms with van der Waals surface area (Å²) in [6.45, 7) is 6.50. The summed E-state index contributed by atoms with van der Waals surface area (Å²) in [5.74, 6) is 0.0416. The maximum Gasteiger partial charge on any atom is 0.333 e. The van der Waals surface area contributed by atoms with Gasteiger partial charge in [0.25, 0.3) is 5.56 Å². The van der Waals surface area contributed by atoms with Crippen molar-refractivity contribution in [3.8, 4) is 5.75 Å². The van der Waals surface area contributed by atoms with Crippen LogP contribution in [0.25, 0.3) is 12.2 Å². The predicted molar refractivity (Wildman–Crippen MR) is 127 cm³/mol. The van der Waals surface area contributed by atoms with Crippen molar-refractivity contribution in [2.45, 2.75) is 33.2 Å². The summed E-state index contributed by atoms with van der Waals surface area (Å²) in [5.41, 5.74) is 0.506. The molecule has 2 aromatic rings. The highest BCUT2D eigenvalue weighted by Gasteiger charge is 2.19. The minimum absolute atomic E-state index is 0.140. The Morgan fingerprint density at radius 3 is 2.55 bits per heavy atom. The third-order valence-electron chi connectivity index (χ3n) is 5.07. The molecule has 0 saturated carbocycles. The van der Waals surface area contributed by atoms with E-state index in [0.717, 1.165) is 35.5 Å². The molecule has 0 unspecified atom stereocenters. The van der Waals surface area contributed by atoms with Gasteiger partial charge in [0.2, 0.25) is 5.91 Å². The lowest BCUT2D eigenvalue weighted by Crippen LogP contribution is -2.45. The van der Waals surface area contributed by atoms with Gasteiger partial charge in [-0.3, -0.25) is 14.2 Å². The molecule has 1 aliphatic heterocycles. The number of aromatic nitrogens is 1.